The van der Waals surface area contributed by atoms with E-state index in [1.165, 1.54) is 27.8 Å². The molecule has 1 fully saturated rings. The molecule has 2 heterocycles. The molecule has 0 unspecified atom stereocenters. The number of hydrogen-bond donors (Lipinski definition) is 0. The van der Waals surface area contributed by atoms with Gasteiger partial charge in [-0.3, -0.25) is 4.79 Å². The molecular formula is C15H15FN2O3S2. The first-order chi connectivity index (χ1) is 11.0. The summed E-state index contributed by atoms with van der Waals surface area (Å²) in [6.45, 7) is 1.15. The summed E-state index contributed by atoms with van der Waals surface area (Å²) in [6, 6.07) is 6.53. The van der Waals surface area contributed by atoms with Crippen molar-refractivity contribution in [1.82, 2.24) is 9.21 Å². The molecule has 122 valence electrons. The number of rotatable bonds is 3. The Hall–Kier alpha value is -1.77. The first-order valence-corrected chi connectivity index (χ1v) is 9.44. The van der Waals surface area contributed by atoms with Gasteiger partial charge in [-0.05, 0) is 35.7 Å². The van der Waals surface area contributed by atoms with Crippen molar-refractivity contribution in [2.75, 3.05) is 26.2 Å². The van der Waals surface area contributed by atoms with E-state index >= 15 is 0 Å². The van der Waals surface area contributed by atoms with Crippen molar-refractivity contribution in [1.29, 1.82) is 0 Å². The van der Waals surface area contributed by atoms with Crippen molar-refractivity contribution in [2.24, 2.45) is 0 Å². The van der Waals surface area contributed by atoms with Gasteiger partial charge in [0.25, 0.3) is 5.91 Å². The third kappa shape index (κ3) is 3.29. The number of piperazine rings is 1. The van der Waals surface area contributed by atoms with Crippen molar-refractivity contribution in [3.05, 3.63) is 52.5 Å². The van der Waals surface area contributed by atoms with Gasteiger partial charge in [0.2, 0.25) is 10.0 Å². The largest absolute Gasteiger partial charge is 0.336 e. The predicted octanol–water partition coefficient (Wildman–Crippen LogP) is 2.03. The van der Waals surface area contributed by atoms with Crippen molar-refractivity contribution in [3.8, 4) is 0 Å². The lowest BCUT2D eigenvalue weighted by Crippen LogP contribution is -2.50. The maximum absolute atomic E-state index is 12.9. The van der Waals surface area contributed by atoms with E-state index < -0.39 is 15.8 Å². The molecule has 5 nitrogen and oxygen atoms in total. The summed E-state index contributed by atoms with van der Waals surface area (Å²) in [4.78, 5) is 14.0. The molecule has 1 amide bonds. The van der Waals surface area contributed by atoms with Crippen LogP contribution in [0.5, 0.6) is 0 Å². The fraction of sp³-hybridized carbons (Fsp3) is 0.267. The van der Waals surface area contributed by atoms with Crippen LogP contribution in [0.3, 0.4) is 0 Å². The van der Waals surface area contributed by atoms with E-state index in [1.54, 1.807) is 16.3 Å². The van der Waals surface area contributed by atoms with Crippen LogP contribution in [-0.4, -0.2) is 49.7 Å². The van der Waals surface area contributed by atoms with E-state index in [2.05, 4.69) is 0 Å². The third-order valence-corrected chi connectivity index (χ3v) is 6.34. The summed E-state index contributed by atoms with van der Waals surface area (Å²) in [6.07, 6.45) is 0. The van der Waals surface area contributed by atoms with Crippen LogP contribution in [0.4, 0.5) is 4.39 Å². The zero-order valence-electron chi connectivity index (χ0n) is 12.2. The monoisotopic (exact) mass is 354 g/mol. The standard InChI is InChI=1S/C15H15FN2O3S2/c16-13-1-3-14(4-2-13)23(20,21)18-8-6-17(7-9-18)15(19)12-5-10-22-11-12/h1-5,10-11H,6-9H2. The summed E-state index contributed by atoms with van der Waals surface area (Å²) in [5.74, 6) is -0.555. The van der Waals surface area contributed by atoms with Crippen LogP contribution in [0.1, 0.15) is 10.4 Å². The van der Waals surface area contributed by atoms with E-state index in [0.29, 0.717) is 18.7 Å². The highest BCUT2D eigenvalue weighted by Gasteiger charge is 2.30. The molecule has 1 aliphatic rings. The Bertz CT molecular complexity index is 781. The minimum atomic E-state index is -3.65. The second kappa shape index (κ2) is 6.38. The molecule has 1 aliphatic heterocycles. The number of carbonyl (C=O) groups excluding carboxylic acids is 1. The van der Waals surface area contributed by atoms with Gasteiger partial charge in [0.1, 0.15) is 5.82 Å². The van der Waals surface area contributed by atoms with Gasteiger partial charge in [0.05, 0.1) is 10.5 Å². The number of carbonyl (C=O) groups is 1. The maximum Gasteiger partial charge on any atom is 0.254 e. The molecule has 0 aliphatic carbocycles. The van der Waals surface area contributed by atoms with Crippen LogP contribution in [0.25, 0.3) is 0 Å². The maximum atomic E-state index is 12.9. The van der Waals surface area contributed by atoms with E-state index in [-0.39, 0.29) is 23.9 Å². The van der Waals surface area contributed by atoms with Crippen LogP contribution in [-0.2, 0) is 10.0 Å². The average molecular weight is 354 g/mol. The smallest absolute Gasteiger partial charge is 0.254 e. The lowest BCUT2D eigenvalue weighted by Gasteiger charge is -2.33. The Morgan fingerprint density at radius 1 is 1.04 bits per heavy atom. The lowest BCUT2D eigenvalue weighted by atomic mass is 10.2. The van der Waals surface area contributed by atoms with Crippen LogP contribution in [0.15, 0.2) is 46.0 Å². The van der Waals surface area contributed by atoms with Gasteiger partial charge >= 0.3 is 0 Å². The average Bonchev–Trinajstić information content (AvgIpc) is 3.09. The molecule has 0 saturated carbocycles. The second-order valence-electron chi connectivity index (χ2n) is 5.16. The molecule has 1 aromatic carbocycles. The molecule has 23 heavy (non-hydrogen) atoms. The van der Waals surface area contributed by atoms with Gasteiger partial charge in [-0.2, -0.15) is 15.6 Å². The Kier molecular flexibility index (Phi) is 4.47. The molecule has 2 aromatic rings. The zero-order chi connectivity index (χ0) is 16.4. The SMILES string of the molecule is O=C(c1ccsc1)N1CCN(S(=O)(=O)c2ccc(F)cc2)CC1. The summed E-state index contributed by atoms with van der Waals surface area (Å²) in [5, 5.41) is 3.62. The summed E-state index contributed by atoms with van der Waals surface area (Å²) >= 11 is 1.45. The fourth-order valence-electron chi connectivity index (χ4n) is 2.46. The third-order valence-electron chi connectivity index (χ3n) is 3.75. The fourth-order valence-corrected chi connectivity index (χ4v) is 4.51. The molecule has 1 aromatic heterocycles. The van der Waals surface area contributed by atoms with E-state index in [0.717, 1.165) is 12.1 Å². The molecule has 1 saturated heterocycles. The summed E-state index contributed by atoms with van der Waals surface area (Å²) in [5.41, 5.74) is 0.629. The number of benzene rings is 1. The number of nitrogens with zero attached hydrogens (tertiary/aromatic N) is 2. The zero-order valence-corrected chi connectivity index (χ0v) is 13.8. The van der Waals surface area contributed by atoms with Crippen molar-refractivity contribution < 1.29 is 17.6 Å². The molecular weight excluding hydrogens is 339 g/mol. The predicted molar refractivity (Wildman–Crippen MR) is 85.4 cm³/mol. The minimum absolute atomic E-state index is 0.0662. The van der Waals surface area contributed by atoms with Crippen LogP contribution >= 0.6 is 11.3 Å². The molecule has 0 spiro atoms. The Balaban J connectivity index is 1.69. The van der Waals surface area contributed by atoms with Crippen LogP contribution in [0, 0.1) is 5.82 Å². The number of thiophene rings is 1. The van der Waals surface area contributed by atoms with Crippen molar-refractivity contribution >= 4 is 27.3 Å². The normalized spacial score (nSPS) is 16.5. The van der Waals surface area contributed by atoms with E-state index in [9.17, 15) is 17.6 Å². The van der Waals surface area contributed by atoms with E-state index in [4.69, 9.17) is 0 Å². The highest BCUT2D eigenvalue weighted by atomic mass is 32.2. The molecule has 0 radical (unpaired) electrons. The second-order valence-corrected chi connectivity index (χ2v) is 7.88. The Morgan fingerprint density at radius 3 is 2.26 bits per heavy atom. The highest BCUT2D eigenvalue weighted by Crippen LogP contribution is 2.19. The summed E-state index contributed by atoms with van der Waals surface area (Å²) in [7, 11) is -3.65. The highest BCUT2D eigenvalue weighted by molar-refractivity contribution is 7.89. The molecule has 0 atom stereocenters. The van der Waals surface area contributed by atoms with Crippen molar-refractivity contribution in [2.45, 2.75) is 4.90 Å². The first-order valence-electron chi connectivity index (χ1n) is 7.06. The van der Waals surface area contributed by atoms with Gasteiger partial charge < -0.3 is 4.90 Å². The summed E-state index contributed by atoms with van der Waals surface area (Å²) < 4.78 is 39.3. The lowest BCUT2D eigenvalue weighted by molar-refractivity contribution is 0.0698. The molecule has 0 N–H and O–H groups in total. The van der Waals surface area contributed by atoms with Gasteiger partial charge in [-0.15, -0.1) is 0 Å². The van der Waals surface area contributed by atoms with Gasteiger partial charge in [0, 0.05) is 31.6 Å². The molecule has 0 bridgehead atoms. The van der Waals surface area contributed by atoms with Crippen molar-refractivity contribution in [3.63, 3.8) is 0 Å². The first kappa shape index (κ1) is 16.1. The molecule has 3 rings (SSSR count). The number of sulfonamides is 1. The topological polar surface area (TPSA) is 57.7 Å². The Morgan fingerprint density at radius 2 is 1.70 bits per heavy atom. The quantitative estimate of drug-likeness (QED) is 0.847. The number of hydrogen-bond acceptors (Lipinski definition) is 4. The number of halogens is 1. The van der Waals surface area contributed by atoms with E-state index in [1.807, 2.05) is 5.38 Å². The van der Waals surface area contributed by atoms with Crippen LogP contribution < -0.4 is 0 Å². The number of amides is 1. The van der Waals surface area contributed by atoms with Gasteiger partial charge in [-0.1, -0.05) is 0 Å². The minimum Gasteiger partial charge on any atom is -0.336 e. The van der Waals surface area contributed by atoms with Crippen LogP contribution in [0.2, 0.25) is 0 Å². The molecule has 8 heteroatoms. The van der Waals surface area contributed by atoms with Gasteiger partial charge in [0.15, 0.2) is 0 Å². The van der Waals surface area contributed by atoms with Gasteiger partial charge in [-0.25, -0.2) is 12.8 Å². The Labute approximate surface area is 138 Å².